The second kappa shape index (κ2) is 6.79. The van der Waals surface area contributed by atoms with E-state index in [0.717, 1.165) is 13.2 Å². The molecule has 1 heterocycles. The summed E-state index contributed by atoms with van der Waals surface area (Å²) in [7, 11) is 1.03. The molecule has 5 atom stereocenters. The predicted molar refractivity (Wildman–Crippen MR) is 75.5 cm³/mol. The van der Waals surface area contributed by atoms with Crippen LogP contribution in [0.3, 0.4) is 0 Å². The third-order valence-corrected chi connectivity index (χ3v) is 3.88. The highest BCUT2D eigenvalue weighted by Crippen LogP contribution is 2.46. The topological polar surface area (TPSA) is 177 Å². The van der Waals surface area contributed by atoms with Crippen molar-refractivity contribution >= 4 is 5.97 Å². The standard InChI is InChI=1S/C14H18O10/c1-23-14(22)4-2-5(16)8(17)10(19)7(4)13-12(21)11(20)9(18)6(3-15)24-13/h2,6,9,11-13,15-21H,3H2,1H3/t6-,9-,11+,12-,13?/m1/s1. The number of esters is 1. The fourth-order valence-electron chi connectivity index (χ4n) is 2.57. The van der Waals surface area contributed by atoms with Gasteiger partial charge in [-0.25, -0.2) is 4.79 Å². The molecule has 0 spiro atoms. The van der Waals surface area contributed by atoms with Gasteiger partial charge in [0.25, 0.3) is 0 Å². The van der Waals surface area contributed by atoms with E-state index in [0.29, 0.717) is 0 Å². The summed E-state index contributed by atoms with van der Waals surface area (Å²) in [6.07, 6.45) is -8.10. The van der Waals surface area contributed by atoms with Crippen LogP contribution in [0.1, 0.15) is 22.0 Å². The maximum absolute atomic E-state index is 11.9. The van der Waals surface area contributed by atoms with E-state index < -0.39 is 71.5 Å². The molecule has 1 aliphatic heterocycles. The van der Waals surface area contributed by atoms with Gasteiger partial charge in [-0.05, 0) is 6.07 Å². The van der Waals surface area contributed by atoms with Crippen LogP contribution in [-0.4, -0.2) is 79.8 Å². The van der Waals surface area contributed by atoms with Gasteiger partial charge in [0.2, 0.25) is 5.75 Å². The molecule has 0 saturated carbocycles. The lowest BCUT2D eigenvalue weighted by molar-refractivity contribution is -0.232. The number of ether oxygens (including phenoxy) is 2. The van der Waals surface area contributed by atoms with Gasteiger partial charge in [0.05, 0.1) is 19.3 Å². The Kier molecular flexibility index (Phi) is 5.16. The van der Waals surface area contributed by atoms with Crippen molar-refractivity contribution in [3.63, 3.8) is 0 Å². The van der Waals surface area contributed by atoms with Gasteiger partial charge in [0.15, 0.2) is 11.5 Å². The fourth-order valence-corrected chi connectivity index (χ4v) is 2.57. The monoisotopic (exact) mass is 346 g/mol. The molecular weight excluding hydrogens is 328 g/mol. The van der Waals surface area contributed by atoms with Crippen molar-refractivity contribution in [2.24, 2.45) is 0 Å². The number of rotatable bonds is 3. The molecule has 10 nitrogen and oxygen atoms in total. The Morgan fingerprint density at radius 2 is 1.75 bits per heavy atom. The summed E-state index contributed by atoms with van der Waals surface area (Å²) < 4.78 is 9.77. The number of hydrogen-bond donors (Lipinski definition) is 7. The highest BCUT2D eigenvalue weighted by Gasteiger charge is 2.46. The van der Waals surface area contributed by atoms with Gasteiger partial charge < -0.3 is 45.2 Å². The molecule has 7 N–H and O–H groups in total. The molecule has 1 saturated heterocycles. The molecule has 1 fully saturated rings. The number of benzene rings is 1. The average molecular weight is 346 g/mol. The Bertz CT molecular complexity index is 628. The lowest BCUT2D eigenvalue weighted by atomic mass is 9.88. The lowest BCUT2D eigenvalue weighted by Gasteiger charge is -2.40. The molecular formula is C14H18O10. The minimum atomic E-state index is -1.80. The van der Waals surface area contributed by atoms with E-state index in [9.17, 15) is 40.5 Å². The lowest BCUT2D eigenvalue weighted by Crippen LogP contribution is -2.55. The number of carbonyl (C=O) groups excluding carboxylic acids is 1. The Morgan fingerprint density at radius 1 is 1.12 bits per heavy atom. The number of aliphatic hydroxyl groups is 4. The van der Waals surface area contributed by atoms with E-state index in [1.54, 1.807) is 0 Å². The molecule has 0 aromatic heterocycles. The minimum Gasteiger partial charge on any atom is -0.504 e. The first kappa shape index (κ1) is 18.2. The smallest absolute Gasteiger partial charge is 0.338 e. The van der Waals surface area contributed by atoms with Gasteiger partial charge >= 0.3 is 5.97 Å². The number of hydrogen-bond acceptors (Lipinski definition) is 10. The summed E-state index contributed by atoms with van der Waals surface area (Å²) in [5.41, 5.74) is -0.899. The van der Waals surface area contributed by atoms with Crippen molar-refractivity contribution in [3.8, 4) is 17.2 Å². The van der Waals surface area contributed by atoms with Crippen LogP contribution in [0.5, 0.6) is 17.2 Å². The summed E-state index contributed by atoms with van der Waals surface area (Å²) in [5, 5.41) is 68.2. The van der Waals surface area contributed by atoms with Crippen molar-refractivity contribution < 1.29 is 50.0 Å². The first-order chi connectivity index (χ1) is 11.2. The molecule has 0 radical (unpaired) electrons. The largest absolute Gasteiger partial charge is 0.504 e. The average Bonchev–Trinajstić information content (AvgIpc) is 2.57. The van der Waals surface area contributed by atoms with E-state index >= 15 is 0 Å². The Hall–Kier alpha value is -2.11. The molecule has 2 rings (SSSR count). The van der Waals surface area contributed by atoms with Gasteiger partial charge in [-0.1, -0.05) is 0 Å². The van der Waals surface area contributed by atoms with Crippen LogP contribution < -0.4 is 0 Å². The van der Waals surface area contributed by atoms with Crippen molar-refractivity contribution in [1.29, 1.82) is 0 Å². The van der Waals surface area contributed by atoms with Crippen LogP contribution in [0.4, 0.5) is 0 Å². The minimum absolute atomic E-state index is 0.436. The van der Waals surface area contributed by atoms with Crippen LogP contribution in [0.2, 0.25) is 0 Å². The molecule has 1 aliphatic rings. The number of aliphatic hydroxyl groups excluding tert-OH is 4. The highest BCUT2D eigenvalue weighted by molar-refractivity contribution is 5.93. The highest BCUT2D eigenvalue weighted by atomic mass is 16.5. The molecule has 0 bridgehead atoms. The second-order valence-electron chi connectivity index (χ2n) is 5.30. The van der Waals surface area contributed by atoms with E-state index in [4.69, 9.17) is 4.74 Å². The van der Waals surface area contributed by atoms with Gasteiger partial charge in [-0.2, -0.15) is 0 Å². The third kappa shape index (κ3) is 2.85. The summed E-state index contributed by atoms with van der Waals surface area (Å²) in [6.45, 7) is -0.722. The fraction of sp³-hybridized carbons (Fsp3) is 0.500. The Labute approximate surface area is 135 Å². The van der Waals surface area contributed by atoms with E-state index in [2.05, 4.69) is 4.74 Å². The van der Waals surface area contributed by atoms with E-state index in [1.165, 1.54) is 0 Å². The van der Waals surface area contributed by atoms with Crippen LogP contribution in [0.15, 0.2) is 6.07 Å². The Balaban J connectivity index is 2.61. The van der Waals surface area contributed by atoms with Crippen LogP contribution in [0.25, 0.3) is 0 Å². The molecule has 0 amide bonds. The van der Waals surface area contributed by atoms with Crippen molar-refractivity contribution in [2.75, 3.05) is 13.7 Å². The number of phenols is 3. The number of phenolic OH excluding ortho intramolecular Hbond substituents is 3. The van der Waals surface area contributed by atoms with Gasteiger partial charge in [-0.3, -0.25) is 0 Å². The third-order valence-electron chi connectivity index (χ3n) is 3.88. The van der Waals surface area contributed by atoms with Crippen molar-refractivity contribution in [3.05, 3.63) is 17.2 Å². The summed E-state index contributed by atoms with van der Waals surface area (Å²) in [4.78, 5) is 11.9. The van der Waals surface area contributed by atoms with Gasteiger partial charge in [0.1, 0.15) is 30.5 Å². The zero-order valence-corrected chi connectivity index (χ0v) is 12.5. The molecule has 0 aliphatic carbocycles. The zero-order chi connectivity index (χ0) is 18.2. The maximum Gasteiger partial charge on any atom is 0.338 e. The van der Waals surface area contributed by atoms with Gasteiger partial charge in [0, 0.05) is 5.56 Å². The normalized spacial score (nSPS) is 30.1. The summed E-state index contributed by atoms with van der Waals surface area (Å²) in [6, 6.07) is 0.789. The SMILES string of the molecule is COC(=O)c1cc(O)c(O)c(O)c1C1O[C@H](CO)[C@@H](O)[C@H](O)[C@H]1O. The molecule has 10 heteroatoms. The van der Waals surface area contributed by atoms with Crippen LogP contribution >= 0.6 is 0 Å². The van der Waals surface area contributed by atoms with Crippen molar-refractivity contribution in [2.45, 2.75) is 30.5 Å². The first-order valence-electron chi connectivity index (χ1n) is 6.91. The number of aromatic hydroxyl groups is 3. The second-order valence-corrected chi connectivity index (χ2v) is 5.30. The first-order valence-corrected chi connectivity index (χ1v) is 6.91. The number of carbonyl (C=O) groups is 1. The van der Waals surface area contributed by atoms with Crippen molar-refractivity contribution in [1.82, 2.24) is 0 Å². The molecule has 1 unspecified atom stereocenters. The zero-order valence-electron chi connectivity index (χ0n) is 12.5. The molecule has 24 heavy (non-hydrogen) atoms. The summed E-state index contributed by atoms with van der Waals surface area (Å²) in [5.74, 6) is -3.79. The summed E-state index contributed by atoms with van der Waals surface area (Å²) >= 11 is 0. The van der Waals surface area contributed by atoms with Crippen LogP contribution in [0, 0.1) is 0 Å². The van der Waals surface area contributed by atoms with Crippen LogP contribution in [-0.2, 0) is 9.47 Å². The van der Waals surface area contributed by atoms with Gasteiger partial charge in [-0.15, -0.1) is 0 Å². The molecule has 1 aromatic rings. The quantitative estimate of drug-likeness (QED) is 0.242. The maximum atomic E-state index is 11.9. The molecule has 134 valence electrons. The van der Waals surface area contributed by atoms with E-state index in [1.807, 2.05) is 0 Å². The predicted octanol–water partition coefficient (Wildman–Crippen LogP) is -1.90. The molecule has 1 aromatic carbocycles. The van der Waals surface area contributed by atoms with E-state index in [-0.39, 0.29) is 0 Å². The Morgan fingerprint density at radius 3 is 2.29 bits per heavy atom. The number of methoxy groups -OCH3 is 1.